The first-order chi connectivity index (χ1) is 20.2. The molecule has 226 valence electrons. The molecule has 10 atom stereocenters. The lowest BCUT2D eigenvalue weighted by molar-refractivity contribution is -0.328. The Bertz CT molecular complexity index is 1150. The second-order valence-corrected chi connectivity index (χ2v) is 10.5. The Morgan fingerprint density at radius 3 is 1.40 bits per heavy atom. The minimum Gasteiger partial charge on any atom is -0.387 e. The molecule has 2 fully saturated rings. The molecule has 11 heteroatoms. The van der Waals surface area contributed by atoms with Crippen LogP contribution in [0.5, 0.6) is 0 Å². The van der Waals surface area contributed by atoms with E-state index >= 15 is 0 Å². The first-order valence-electron chi connectivity index (χ1n) is 13.7. The molecular weight excluding hydrogens is 548 g/mol. The van der Waals surface area contributed by atoms with E-state index in [1.54, 1.807) is 0 Å². The fraction of sp³-hybridized carbons (Fsp3) is 0.419. The van der Waals surface area contributed by atoms with Gasteiger partial charge in [0.1, 0.15) is 54.4 Å². The number of rotatable bonds is 9. The average Bonchev–Trinajstić information content (AvgIpc) is 3.03. The fourth-order valence-corrected chi connectivity index (χ4v) is 5.43. The van der Waals surface area contributed by atoms with Gasteiger partial charge in [-0.2, -0.15) is 0 Å². The monoisotopic (exact) mass is 584 g/mol. The quantitative estimate of drug-likeness (QED) is 0.163. The molecule has 3 aromatic carbocycles. The van der Waals surface area contributed by atoms with Crippen LogP contribution in [0.3, 0.4) is 0 Å². The van der Waals surface area contributed by atoms with E-state index < -0.39 is 73.6 Å². The van der Waals surface area contributed by atoms with E-state index in [9.17, 15) is 35.7 Å². The largest absolute Gasteiger partial charge is 0.387 e. The van der Waals surface area contributed by atoms with E-state index in [0.29, 0.717) is 0 Å². The van der Waals surface area contributed by atoms with Gasteiger partial charge >= 0.3 is 0 Å². The van der Waals surface area contributed by atoms with Crippen LogP contribution in [0.25, 0.3) is 0 Å². The van der Waals surface area contributed by atoms with Gasteiger partial charge in [0.25, 0.3) is 0 Å². The van der Waals surface area contributed by atoms with Crippen molar-refractivity contribution in [1.82, 2.24) is 0 Å². The summed E-state index contributed by atoms with van der Waals surface area (Å²) >= 11 is 0. The molecule has 0 aromatic heterocycles. The fourth-order valence-electron chi connectivity index (χ4n) is 5.43. The zero-order valence-electron chi connectivity index (χ0n) is 22.6. The highest BCUT2D eigenvalue weighted by atomic mass is 16.7. The van der Waals surface area contributed by atoms with Gasteiger partial charge in [0, 0.05) is 0 Å². The Labute approximate surface area is 242 Å². The van der Waals surface area contributed by atoms with Crippen molar-refractivity contribution >= 4 is 0 Å². The maximum Gasteiger partial charge on any atom is 0.186 e. The Morgan fingerprint density at radius 2 is 0.929 bits per heavy atom. The number of hydrogen-bond acceptors (Lipinski definition) is 11. The molecule has 0 amide bonds. The minimum absolute atomic E-state index is 0.240. The van der Waals surface area contributed by atoms with Crippen LogP contribution in [0.15, 0.2) is 91.0 Å². The summed E-state index contributed by atoms with van der Waals surface area (Å²) in [5, 5.41) is 71.8. The van der Waals surface area contributed by atoms with Crippen LogP contribution in [-0.4, -0.2) is 110 Å². The van der Waals surface area contributed by atoms with Crippen LogP contribution in [0, 0.1) is 0 Å². The minimum atomic E-state index is -1.77. The molecule has 0 spiro atoms. The van der Waals surface area contributed by atoms with Gasteiger partial charge in [-0.05, 0) is 16.7 Å². The summed E-state index contributed by atoms with van der Waals surface area (Å²) in [6, 6.07) is 28.6. The van der Waals surface area contributed by atoms with Gasteiger partial charge in [0.15, 0.2) is 12.6 Å². The van der Waals surface area contributed by atoms with Gasteiger partial charge in [0.2, 0.25) is 0 Å². The molecule has 3 aromatic rings. The van der Waals surface area contributed by atoms with Crippen molar-refractivity contribution in [2.24, 2.45) is 0 Å². The maximum absolute atomic E-state index is 10.9. The SMILES string of the molecule is O[C@@H]1[C@@H](O)[C@@H](O)O[C@H](CO[C@H]2O[C@H](COC(c3ccccc3)(c3ccccc3)c3ccccc3)[C@H](O)[C@H](O)[C@H]2O)[C@H]1O. The lowest BCUT2D eigenvalue weighted by Crippen LogP contribution is -2.61. The molecule has 11 nitrogen and oxygen atoms in total. The topological polar surface area (TPSA) is 179 Å². The highest BCUT2D eigenvalue weighted by molar-refractivity contribution is 5.47. The third-order valence-corrected chi connectivity index (χ3v) is 7.79. The molecule has 2 aliphatic heterocycles. The Morgan fingerprint density at radius 1 is 0.500 bits per heavy atom. The van der Waals surface area contributed by atoms with Crippen LogP contribution in [0.1, 0.15) is 16.7 Å². The van der Waals surface area contributed by atoms with Gasteiger partial charge in [-0.1, -0.05) is 91.0 Å². The van der Waals surface area contributed by atoms with Crippen LogP contribution in [0.4, 0.5) is 0 Å². The van der Waals surface area contributed by atoms with Gasteiger partial charge in [-0.25, -0.2) is 0 Å². The molecule has 2 saturated heterocycles. The van der Waals surface area contributed by atoms with Crippen molar-refractivity contribution in [2.45, 2.75) is 67.0 Å². The standard InChI is InChI=1S/C31H36O11/c32-23-21(41-29(38)27(36)25(23)34)16-39-30-28(37)26(35)24(33)22(42-30)17-40-31(18-10-4-1-5-11-18,19-12-6-2-7-13-19)20-14-8-3-9-15-20/h1-15,21-30,32-38H,16-17H2/t21-,22-,23-,24+,25+,26+,27-,28-,29+,30+/m1/s1. The molecule has 2 aliphatic rings. The molecule has 2 heterocycles. The zero-order valence-corrected chi connectivity index (χ0v) is 22.6. The van der Waals surface area contributed by atoms with E-state index in [1.807, 2.05) is 91.0 Å². The van der Waals surface area contributed by atoms with Crippen molar-refractivity contribution in [1.29, 1.82) is 0 Å². The van der Waals surface area contributed by atoms with E-state index in [1.165, 1.54) is 0 Å². The summed E-state index contributed by atoms with van der Waals surface area (Å²) in [5.41, 5.74) is 1.29. The molecule has 7 N–H and O–H groups in total. The number of aliphatic hydroxyl groups is 7. The molecule has 0 aliphatic carbocycles. The summed E-state index contributed by atoms with van der Waals surface area (Å²) in [6.07, 6.45) is -15.6. The second kappa shape index (κ2) is 13.2. The third-order valence-electron chi connectivity index (χ3n) is 7.79. The van der Waals surface area contributed by atoms with Crippen LogP contribution in [0.2, 0.25) is 0 Å². The average molecular weight is 585 g/mol. The summed E-state index contributed by atoms with van der Waals surface area (Å²) in [4.78, 5) is 0. The summed E-state index contributed by atoms with van der Waals surface area (Å²) in [7, 11) is 0. The lowest BCUT2D eigenvalue weighted by Gasteiger charge is -2.43. The summed E-state index contributed by atoms with van der Waals surface area (Å²) in [6.45, 7) is -0.724. The molecule has 42 heavy (non-hydrogen) atoms. The predicted molar refractivity (Wildman–Crippen MR) is 147 cm³/mol. The zero-order chi connectivity index (χ0) is 29.9. The Hall–Kier alpha value is -2.78. The summed E-state index contributed by atoms with van der Waals surface area (Å²) < 4.78 is 23.3. The number of aliphatic hydroxyl groups excluding tert-OH is 7. The Kier molecular flexibility index (Phi) is 9.67. The van der Waals surface area contributed by atoms with E-state index in [-0.39, 0.29) is 6.61 Å². The maximum atomic E-state index is 10.9. The smallest absolute Gasteiger partial charge is 0.186 e. The molecule has 0 unspecified atom stereocenters. The van der Waals surface area contributed by atoms with E-state index in [2.05, 4.69) is 0 Å². The third kappa shape index (κ3) is 6.00. The van der Waals surface area contributed by atoms with Crippen LogP contribution < -0.4 is 0 Å². The molecular formula is C31H36O11. The predicted octanol–water partition coefficient (Wildman–Crippen LogP) is -0.381. The van der Waals surface area contributed by atoms with Gasteiger partial charge in [-0.3, -0.25) is 0 Å². The van der Waals surface area contributed by atoms with Crippen molar-refractivity contribution in [3.05, 3.63) is 108 Å². The lowest BCUT2D eigenvalue weighted by atomic mass is 9.80. The molecule has 0 saturated carbocycles. The molecule has 0 bridgehead atoms. The van der Waals surface area contributed by atoms with E-state index in [0.717, 1.165) is 16.7 Å². The molecule has 0 radical (unpaired) electrons. The highest BCUT2D eigenvalue weighted by Gasteiger charge is 2.48. The number of hydrogen-bond donors (Lipinski definition) is 7. The normalized spacial score (nSPS) is 33.8. The van der Waals surface area contributed by atoms with Crippen molar-refractivity contribution in [3.8, 4) is 0 Å². The first-order valence-corrected chi connectivity index (χ1v) is 13.7. The highest BCUT2D eigenvalue weighted by Crippen LogP contribution is 2.41. The molecule has 5 rings (SSSR count). The van der Waals surface area contributed by atoms with E-state index in [4.69, 9.17) is 18.9 Å². The second-order valence-electron chi connectivity index (χ2n) is 10.5. The van der Waals surface area contributed by atoms with Crippen LogP contribution in [-0.2, 0) is 24.5 Å². The van der Waals surface area contributed by atoms with Crippen molar-refractivity contribution < 1.29 is 54.7 Å². The number of ether oxygens (including phenoxy) is 4. The Balaban J connectivity index is 1.39. The van der Waals surface area contributed by atoms with Gasteiger partial charge in [-0.15, -0.1) is 0 Å². The van der Waals surface area contributed by atoms with Gasteiger partial charge < -0.3 is 54.7 Å². The van der Waals surface area contributed by atoms with Crippen molar-refractivity contribution in [3.63, 3.8) is 0 Å². The van der Waals surface area contributed by atoms with Crippen molar-refractivity contribution in [2.75, 3.05) is 13.2 Å². The van der Waals surface area contributed by atoms with Crippen LogP contribution >= 0.6 is 0 Å². The number of benzene rings is 3. The first kappa shape index (κ1) is 30.7. The van der Waals surface area contributed by atoms with Gasteiger partial charge in [0.05, 0.1) is 13.2 Å². The summed E-state index contributed by atoms with van der Waals surface area (Å²) in [5.74, 6) is 0.